The summed E-state index contributed by atoms with van der Waals surface area (Å²) in [7, 11) is 1.60. The summed E-state index contributed by atoms with van der Waals surface area (Å²) in [5.41, 5.74) is 1.57. The molecule has 0 aliphatic rings. The molecule has 0 saturated carbocycles. The summed E-state index contributed by atoms with van der Waals surface area (Å²) < 4.78 is 5.42. The van der Waals surface area contributed by atoms with Crippen LogP contribution in [0.25, 0.3) is 0 Å². The van der Waals surface area contributed by atoms with Crippen LogP contribution in [0, 0.1) is 0 Å². The van der Waals surface area contributed by atoms with Crippen LogP contribution in [0.5, 0.6) is 0 Å². The van der Waals surface area contributed by atoms with Gasteiger partial charge in [-0.3, -0.25) is 9.59 Å². The average molecular weight is 382 g/mol. The molecule has 0 radical (unpaired) electrons. The van der Waals surface area contributed by atoms with E-state index in [0.29, 0.717) is 25.1 Å². The van der Waals surface area contributed by atoms with Gasteiger partial charge >= 0.3 is 0 Å². The monoisotopic (exact) mass is 382 g/mol. The molecule has 0 aliphatic heterocycles. The third-order valence-corrected chi connectivity index (χ3v) is 5.20. The van der Waals surface area contributed by atoms with Gasteiger partial charge in [-0.1, -0.05) is 18.2 Å². The molecule has 5 nitrogen and oxygen atoms in total. The van der Waals surface area contributed by atoms with Crippen LogP contribution in [0.3, 0.4) is 0 Å². The molecule has 2 heterocycles. The predicted molar refractivity (Wildman–Crippen MR) is 105 cm³/mol. The van der Waals surface area contributed by atoms with Gasteiger partial charge in [-0.05, 0) is 47.7 Å². The fraction of sp³-hybridized carbons (Fsp3) is 0.238. The van der Waals surface area contributed by atoms with E-state index in [2.05, 4.69) is 5.32 Å². The van der Waals surface area contributed by atoms with E-state index in [-0.39, 0.29) is 11.8 Å². The Kier molecular flexibility index (Phi) is 6.44. The fourth-order valence-corrected chi connectivity index (χ4v) is 3.50. The summed E-state index contributed by atoms with van der Waals surface area (Å²) in [6, 6.07) is 15.0. The number of nitrogens with one attached hydrogen (secondary N) is 1. The van der Waals surface area contributed by atoms with Crippen molar-refractivity contribution < 1.29 is 14.0 Å². The Morgan fingerprint density at radius 2 is 1.89 bits per heavy atom. The van der Waals surface area contributed by atoms with Crippen molar-refractivity contribution in [2.45, 2.75) is 25.9 Å². The van der Waals surface area contributed by atoms with E-state index >= 15 is 0 Å². The predicted octanol–water partition coefficient (Wildman–Crippen LogP) is 3.86. The molecule has 27 heavy (non-hydrogen) atoms. The molecule has 2 aromatic heterocycles. The van der Waals surface area contributed by atoms with E-state index in [1.165, 1.54) is 4.88 Å². The zero-order chi connectivity index (χ0) is 19.1. The van der Waals surface area contributed by atoms with E-state index in [9.17, 15) is 9.59 Å². The number of nitrogens with zero attached hydrogens (tertiary/aromatic N) is 1. The molecule has 0 saturated heterocycles. The minimum atomic E-state index is -0.124. The van der Waals surface area contributed by atoms with Crippen LogP contribution in [0.15, 0.2) is 64.6 Å². The Labute approximate surface area is 162 Å². The topological polar surface area (TPSA) is 62.6 Å². The quantitative estimate of drug-likeness (QED) is 0.643. The number of furan rings is 1. The average Bonchev–Trinajstić information content (AvgIpc) is 3.39. The van der Waals surface area contributed by atoms with Crippen molar-refractivity contribution in [2.75, 3.05) is 7.05 Å². The maximum atomic E-state index is 12.8. The van der Waals surface area contributed by atoms with E-state index in [1.807, 2.05) is 41.8 Å². The summed E-state index contributed by atoms with van der Waals surface area (Å²) in [5.74, 6) is 0.706. The second-order valence-electron chi connectivity index (χ2n) is 6.18. The third kappa shape index (κ3) is 5.31. The number of rotatable bonds is 8. The molecule has 6 heteroatoms. The molecular formula is C21H22N2O3S. The lowest BCUT2D eigenvalue weighted by molar-refractivity contribution is -0.132. The highest BCUT2D eigenvalue weighted by Gasteiger charge is 2.16. The normalized spacial score (nSPS) is 10.6. The number of amides is 2. The fourth-order valence-electron chi connectivity index (χ4n) is 2.79. The number of aryl methyl sites for hydroxylation is 1. The maximum absolute atomic E-state index is 12.8. The van der Waals surface area contributed by atoms with E-state index in [4.69, 9.17) is 4.42 Å². The van der Waals surface area contributed by atoms with Gasteiger partial charge in [0.2, 0.25) is 5.91 Å². The lowest BCUT2D eigenvalue weighted by Gasteiger charge is -2.22. The van der Waals surface area contributed by atoms with Crippen molar-refractivity contribution in [3.8, 4) is 0 Å². The van der Waals surface area contributed by atoms with Crippen molar-refractivity contribution in [3.05, 3.63) is 81.9 Å². The lowest BCUT2D eigenvalue weighted by Crippen LogP contribution is -2.30. The number of thiophene rings is 1. The van der Waals surface area contributed by atoms with Crippen LogP contribution in [0.2, 0.25) is 0 Å². The summed E-state index contributed by atoms with van der Waals surface area (Å²) in [6.07, 6.45) is 2.81. The van der Waals surface area contributed by atoms with Crippen LogP contribution < -0.4 is 5.32 Å². The van der Waals surface area contributed by atoms with Crippen LogP contribution in [-0.2, 0) is 24.3 Å². The Balaban J connectivity index is 1.69. The molecule has 0 atom stereocenters. The van der Waals surface area contributed by atoms with Gasteiger partial charge in [0, 0.05) is 30.5 Å². The molecule has 0 aliphatic carbocycles. The first-order chi connectivity index (χ1) is 13.2. The minimum absolute atomic E-state index is 0.0789. The lowest BCUT2D eigenvalue weighted by atomic mass is 10.1. The minimum Gasteiger partial charge on any atom is -0.467 e. The van der Waals surface area contributed by atoms with Gasteiger partial charge in [0.1, 0.15) is 5.76 Å². The number of hydrogen-bond donors (Lipinski definition) is 1. The first-order valence-corrected chi connectivity index (χ1v) is 9.67. The maximum Gasteiger partial charge on any atom is 0.251 e. The SMILES string of the molecule is CNC(=O)c1ccc(CN(Cc2ccco2)C(=O)CCc2cccs2)cc1. The second-order valence-corrected chi connectivity index (χ2v) is 7.22. The molecule has 3 rings (SSSR count). The van der Waals surface area contributed by atoms with Crippen LogP contribution in [0.4, 0.5) is 0 Å². The van der Waals surface area contributed by atoms with Crippen molar-refractivity contribution in [1.82, 2.24) is 10.2 Å². The smallest absolute Gasteiger partial charge is 0.251 e. The zero-order valence-electron chi connectivity index (χ0n) is 15.2. The van der Waals surface area contributed by atoms with Crippen LogP contribution in [0.1, 0.15) is 33.0 Å². The molecule has 3 aromatic rings. The summed E-state index contributed by atoms with van der Waals surface area (Å²) >= 11 is 1.67. The Hall–Kier alpha value is -2.86. The van der Waals surface area contributed by atoms with Gasteiger partial charge in [-0.2, -0.15) is 0 Å². The van der Waals surface area contributed by atoms with Crippen molar-refractivity contribution in [2.24, 2.45) is 0 Å². The molecule has 0 fully saturated rings. The van der Waals surface area contributed by atoms with E-state index in [0.717, 1.165) is 17.7 Å². The van der Waals surface area contributed by atoms with Gasteiger partial charge in [0.15, 0.2) is 0 Å². The summed E-state index contributed by atoms with van der Waals surface area (Å²) in [6.45, 7) is 0.894. The summed E-state index contributed by atoms with van der Waals surface area (Å²) in [5, 5.41) is 4.63. The third-order valence-electron chi connectivity index (χ3n) is 4.26. The van der Waals surface area contributed by atoms with Crippen LogP contribution in [-0.4, -0.2) is 23.8 Å². The van der Waals surface area contributed by atoms with Crippen molar-refractivity contribution >= 4 is 23.2 Å². The van der Waals surface area contributed by atoms with Gasteiger partial charge in [0.25, 0.3) is 5.91 Å². The highest BCUT2D eigenvalue weighted by molar-refractivity contribution is 7.09. The largest absolute Gasteiger partial charge is 0.467 e. The molecule has 2 amide bonds. The zero-order valence-corrected chi connectivity index (χ0v) is 16.0. The Morgan fingerprint density at radius 3 is 2.52 bits per heavy atom. The molecule has 0 bridgehead atoms. The molecule has 0 unspecified atom stereocenters. The molecular weight excluding hydrogens is 360 g/mol. The number of carbonyl (C=O) groups excluding carboxylic acids is 2. The highest BCUT2D eigenvalue weighted by atomic mass is 32.1. The molecule has 140 valence electrons. The molecule has 0 spiro atoms. The standard InChI is InChI=1S/C21H22N2O3S/c1-22-21(25)17-8-6-16(7-9-17)14-23(15-18-4-2-12-26-18)20(24)11-10-19-5-3-13-27-19/h2-9,12-13H,10-11,14-15H2,1H3,(H,22,25). The Morgan fingerprint density at radius 1 is 1.07 bits per heavy atom. The Bertz CT molecular complexity index is 855. The number of carbonyl (C=O) groups is 2. The first-order valence-electron chi connectivity index (χ1n) is 8.79. The highest BCUT2D eigenvalue weighted by Crippen LogP contribution is 2.16. The van der Waals surface area contributed by atoms with E-state index < -0.39 is 0 Å². The summed E-state index contributed by atoms with van der Waals surface area (Å²) in [4.78, 5) is 27.5. The number of hydrogen-bond acceptors (Lipinski definition) is 4. The van der Waals surface area contributed by atoms with E-state index in [1.54, 1.807) is 41.7 Å². The van der Waals surface area contributed by atoms with Crippen molar-refractivity contribution in [1.29, 1.82) is 0 Å². The molecule has 1 N–H and O–H groups in total. The second kappa shape index (κ2) is 9.19. The number of benzene rings is 1. The van der Waals surface area contributed by atoms with Gasteiger partial charge < -0.3 is 14.6 Å². The van der Waals surface area contributed by atoms with Crippen LogP contribution >= 0.6 is 11.3 Å². The van der Waals surface area contributed by atoms with Gasteiger partial charge in [-0.25, -0.2) is 0 Å². The van der Waals surface area contributed by atoms with Gasteiger partial charge in [-0.15, -0.1) is 11.3 Å². The van der Waals surface area contributed by atoms with Gasteiger partial charge in [0.05, 0.1) is 12.8 Å². The first kappa shape index (κ1) is 18.9. The van der Waals surface area contributed by atoms with Crippen molar-refractivity contribution in [3.63, 3.8) is 0 Å². The molecule has 1 aromatic carbocycles.